The monoisotopic (exact) mass is 426 g/mol. The first-order valence-corrected chi connectivity index (χ1v) is 11.3. The Bertz CT molecular complexity index is 1180. The zero-order chi connectivity index (χ0) is 19.8. The van der Waals surface area contributed by atoms with Crippen molar-refractivity contribution in [2.24, 2.45) is 5.73 Å². The smallest absolute Gasteiger partial charge is 0.248 e. The van der Waals surface area contributed by atoms with Crippen molar-refractivity contribution in [3.63, 3.8) is 0 Å². The summed E-state index contributed by atoms with van der Waals surface area (Å²) in [6.07, 6.45) is 0. The molecule has 0 unspecified atom stereocenters. The zero-order valence-corrected chi connectivity index (χ0v) is 18.1. The molecule has 0 fully saturated rings. The first-order valence-electron chi connectivity index (χ1n) is 8.64. The molecule has 0 atom stereocenters. The highest BCUT2D eigenvalue weighted by Crippen LogP contribution is 2.36. The van der Waals surface area contributed by atoms with Gasteiger partial charge in [-0.25, -0.2) is 15.0 Å². The number of aromatic nitrogens is 3. The number of benzene rings is 1. The van der Waals surface area contributed by atoms with Crippen LogP contribution in [-0.4, -0.2) is 20.9 Å². The Hall–Kier alpha value is -2.29. The molecule has 4 aromatic rings. The highest BCUT2D eigenvalue weighted by atomic mass is 32.2. The van der Waals surface area contributed by atoms with E-state index in [2.05, 4.69) is 29.2 Å². The molecule has 2 N–H and O–H groups in total. The molecule has 8 heteroatoms. The molecule has 3 aromatic heterocycles. The second-order valence-corrected chi connectivity index (χ2v) is 9.44. The minimum Gasteiger partial charge on any atom is -0.366 e. The normalized spacial score (nSPS) is 11.2. The number of thiophene rings is 1. The molecule has 0 bridgehead atoms. The lowest BCUT2D eigenvalue weighted by Crippen LogP contribution is -2.10. The molecule has 0 radical (unpaired) electrons. The SMILES string of the molecule is Cc1nc(SCc2csc(-c3ccc(C(N)=O)cc3)n2)c2c(C)c(C)sc2n1. The molecule has 1 amide bonds. The summed E-state index contributed by atoms with van der Waals surface area (Å²) in [7, 11) is 0. The van der Waals surface area contributed by atoms with Crippen molar-refractivity contribution < 1.29 is 4.79 Å². The maximum Gasteiger partial charge on any atom is 0.248 e. The number of nitrogens with zero attached hydrogens (tertiary/aromatic N) is 3. The number of hydrogen-bond acceptors (Lipinski definition) is 7. The summed E-state index contributed by atoms with van der Waals surface area (Å²) in [5, 5.41) is 5.18. The summed E-state index contributed by atoms with van der Waals surface area (Å²) >= 11 is 5.02. The summed E-state index contributed by atoms with van der Waals surface area (Å²) in [4.78, 5) is 27.5. The van der Waals surface area contributed by atoms with Gasteiger partial charge < -0.3 is 5.73 Å². The van der Waals surface area contributed by atoms with Gasteiger partial charge in [-0.3, -0.25) is 4.79 Å². The Balaban J connectivity index is 1.55. The third-order valence-electron chi connectivity index (χ3n) is 4.43. The van der Waals surface area contributed by atoms with E-state index in [1.807, 2.05) is 19.1 Å². The van der Waals surface area contributed by atoms with E-state index >= 15 is 0 Å². The third kappa shape index (κ3) is 3.67. The van der Waals surface area contributed by atoms with Gasteiger partial charge in [-0.2, -0.15) is 0 Å². The van der Waals surface area contributed by atoms with Gasteiger partial charge in [-0.1, -0.05) is 23.9 Å². The number of nitrogens with two attached hydrogens (primary N) is 1. The standard InChI is InChI=1S/C20H18N4OS3/c1-10-11(2)28-20-16(10)19(22-12(3)23-20)27-9-15-8-26-18(24-15)14-6-4-13(5-7-14)17(21)25/h4-8H,9H2,1-3H3,(H2,21,25). The number of aryl methyl sites for hydroxylation is 3. The van der Waals surface area contributed by atoms with Crippen molar-refractivity contribution >= 4 is 50.6 Å². The molecule has 0 aliphatic rings. The van der Waals surface area contributed by atoms with Crippen LogP contribution in [0.5, 0.6) is 0 Å². The van der Waals surface area contributed by atoms with Gasteiger partial charge in [0.25, 0.3) is 0 Å². The largest absolute Gasteiger partial charge is 0.366 e. The molecular weight excluding hydrogens is 408 g/mol. The van der Waals surface area contributed by atoms with E-state index in [-0.39, 0.29) is 0 Å². The highest BCUT2D eigenvalue weighted by Gasteiger charge is 2.15. The number of rotatable bonds is 5. The molecule has 4 rings (SSSR count). The average molecular weight is 427 g/mol. The molecule has 0 aliphatic carbocycles. The van der Waals surface area contributed by atoms with E-state index in [0.717, 1.165) is 43.1 Å². The number of hydrogen-bond donors (Lipinski definition) is 1. The van der Waals surface area contributed by atoms with Gasteiger partial charge in [0.15, 0.2) is 0 Å². The second-order valence-electron chi connectivity index (χ2n) is 6.41. The molecule has 5 nitrogen and oxygen atoms in total. The molecule has 0 spiro atoms. The summed E-state index contributed by atoms with van der Waals surface area (Å²) in [6.45, 7) is 6.19. The second kappa shape index (κ2) is 7.62. The lowest BCUT2D eigenvalue weighted by molar-refractivity contribution is 0.100. The lowest BCUT2D eigenvalue weighted by Gasteiger charge is -2.04. The summed E-state index contributed by atoms with van der Waals surface area (Å²) in [6, 6.07) is 7.22. The molecular formula is C20H18N4OS3. The Kier molecular flexibility index (Phi) is 5.18. The zero-order valence-electron chi connectivity index (χ0n) is 15.6. The van der Waals surface area contributed by atoms with Crippen LogP contribution >= 0.6 is 34.4 Å². The van der Waals surface area contributed by atoms with Crippen molar-refractivity contribution in [1.29, 1.82) is 0 Å². The summed E-state index contributed by atoms with van der Waals surface area (Å²) in [5.74, 6) is 1.12. The number of thioether (sulfide) groups is 1. The van der Waals surface area contributed by atoms with Gasteiger partial charge in [-0.05, 0) is 38.5 Å². The average Bonchev–Trinajstić information content (AvgIpc) is 3.25. The maximum atomic E-state index is 11.2. The molecule has 0 aliphatic heterocycles. The summed E-state index contributed by atoms with van der Waals surface area (Å²) < 4.78 is 0. The van der Waals surface area contributed by atoms with Crippen LogP contribution in [0.3, 0.4) is 0 Å². The van der Waals surface area contributed by atoms with Crippen LogP contribution in [0.1, 0.15) is 32.3 Å². The van der Waals surface area contributed by atoms with Gasteiger partial charge in [0.05, 0.1) is 5.69 Å². The predicted molar refractivity (Wildman–Crippen MR) is 117 cm³/mol. The van der Waals surface area contributed by atoms with Crippen molar-refractivity contribution in [2.45, 2.75) is 31.6 Å². The van der Waals surface area contributed by atoms with Crippen LogP contribution in [0.4, 0.5) is 0 Å². The van der Waals surface area contributed by atoms with Gasteiger partial charge in [0, 0.05) is 32.5 Å². The Morgan fingerprint density at radius 3 is 2.57 bits per heavy atom. The Labute approximate surface area is 175 Å². The maximum absolute atomic E-state index is 11.2. The number of carbonyl (C=O) groups excluding carboxylic acids is 1. The fourth-order valence-electron chi connectivity index (χ4n) is 2.84. The van der Waals surface area contributed by atoms with Gasteiger partial charge >= 0.3 is 0 Å². The number of thiazole rings is 1. The minimum atomic E-state index is -0.423. The molecule has 142 valence electrons. The summed E-state index contributed by atoms with van der Waals surface area (Å²) in [5.41, 5.74) is 9.05. The first kappa shape index (κ1) is 19.0. The quantitative estimate of drug-likeness (QED) is 0.353. The number of fused-ring (bicyclic) bond motifs is 1. The van der Waals surface area contributed by atoms with Crippen molar-refractivity contribution in [3.8, 4) is 10.6 Å². The van der Waals surface area contributed by atoms with Crippen LogP contribution < -0.4 is 5.73 Å². The van der Waals surface area contributed by atoms with Crippen molar-refractivity contribution in [3.05, 3.63) is 57.2 Å². The van der Waals surface area contributed by atoms with Crippen LogP contribution in [0.25, 0.3) is 20.8 Å². The number of amides is 1. The van der Waals surface area contributed by atoms with Crippen molar-refractivity contribution in [1.82, 2.24) is 15.0 Å². The molecule has 0 saturated heterocycles. The number of primary amides is 1. The van der Waals surface area contributed by atoms with E-state index in [4.69, 9.17) is 10.7 Å². The fraction of sp³-hybridized carbons (Fsp3) is 0.200. The molecule has 0 saturated carbocycles. The van der Waals surface area contributed by atoms with Crippen LogP contribution in [0.15, 0.2) is 34.7 Å². The molecule has 3 heterocycles. The van der Waals surface area contributed by atoms with Gasteiger partial charge in [0.1, 0.15) is 20.7 Å². The van der Waals surface area contributed by atoms with E-state index in [1.165, 1.54) is 10.4 Å². The Morgan fingerprint density at radius 1 is 1.11 bits per heavy atom. The van der Waals surface area contributed by atoms with Crippen LogP contribution in [0.2, 0.25) is 0 Å². The topological polar surface area (TPSA) is 81.8 Å². The molecule has 1 aromatic carbocycles. The fourth-order valence-corrected chi connectivity index (χ4v) is 5.94. The Morgan fingerprint density at radius 2 is 1.86 bits per heavy atom. The van der Waals surface area contributed by atoms with Gasteiger partial charge in [-0.15, -0.1) is 22.7 Å². The lowest BCUT2D eigenvalue weighted by atomic mass is 10.1. The highest BCUT2D eigenvalue weighted by molar-refractivity contribution is 7.98. The van der Waals surface area contributed by atoms with E-state index in [9.17, 15) is 4.79 Å². The van der Waals surface area contributed by atoms with Crippen LogP contribution in [0, 0.1) is 20.8 Å². The minimum absolute atomic E-state index is 0.423. The number of carbonyl (C=O) groups is 1. The van der Waals surface area contributed by atoms with Gasteiger partial charge in [0.2, 0.25) is 5.91 Å². The predicted octanol–water partition coefficient (Wildman–Crippen LogP) is 5.13. The van der Waals surface area contributed by atoms with E-state index in [1.54, 1.807) is 46.6 Å². The van der Waals surface area contributed by atoms with Crippen LogP contribution in [-0.2, 0) is 5.75 Å². The van der Waals surface area contributed by atoms with E-state index in [0.29, 0.717) is 5.56 Å². The molecule has 28 heavy (non-hydrogen) atoms. The first-order chi connectivity index (χ1) is 13.4. The third-order valence-corrected chi connectivity index (χ3v) is 7.48. The van der Waals surface area contributed by atoms with E-state index < -0.39 is 5.91 Å². The van der Waals surface area contributed by atoms with Crippen molar-refractivity contribution in [2.75, 3.05) is 0 Å².